The minimum Gasteiger partial charge on any atom is -0.337 e. The zero-order valence-electron chi connectivity index (χ0n) is 11.4. The number of carbonyl (C=O) groups excluding carboxylic acids is 1. The van der Waals surface area contributed by atoms with Gasteiger partial charge in [-0.05, 0) is 36.2 Å². The molecule has 0 N–H and O–H groups in total. The maximum absolute atomic E-state index is 13.2. The summed E-state index contributed by atoms with van der Waals surface area (Å²) < 4.78 is 13.2. The second-order valence-corrected chi connectivity index (χ2v) is 5.24. The van der Waals surface area contributed by atoms with Gasteiger partial charge in [0.25, 0.3) is 5.91 Å². The minimum absolute atomic E-state index is 0.149. The number of carbonyl (C=O) groups is 1. The smallest absolute Gasteiger partial charge is 0.253 e. The molecule has 0 bridgehead atoms. The van der Waals surface area contributed by atoms with Gasteiger partial charge in [-0.2, -0.15) is 0 Å². The number of aryl methyl sites for hydroxylation is 1. The highest BCUT2D eigenvalue weighted by Gasteiger charge is 2.14. The molecule has 0 radical (unpaired) electrons. The van der Waals surface area contributed by atoms with Crippen LogP contribution in [0.3, 0.4) is 0 Å². The summed E-state index contributed by atoms with van der Waals surface area (Å²) in [6.07, 6.45) is 0. The van der Waals surface area contributed by atoms with Gasteiger partial charge in [-0.25, -0.2) is 4.39 Å². The van der Waals surface area contributed by atoms with Crippen LogP contribution in [0.1, 0.15) is 21.5 Å². The van der Waals surface area contributed by atoms with Gasteiger partial charge in [0.15, 0.2) is 0 Å². The van der Waals surface area contributed by atoms with Crippen molar-refractivity contribution in [2.24, 2.45) is 0 Å². The number of benzene rings is 2. The van der Waals surface area contributed by atoms with Crippen LogP contribution >= 0.6 is 12.6 Å². The Bertz CT molecular complexity index is 642. The molecule has 0 saturated carbocycles. The average Bonchev–Trinajstić information content (AvgIpc) is 2.43. The molecule has 4 heteroatoms. The molecule has 1 amide bonds. The van der Waals surface area contributed by atoms with E-state index in [0.717, 1.165) is 11.1 Å². The normalized spacial score (nSPS) is 10.4. The Hall–Kier alpha value is -1.81. The van der Waals surface area contributed by atoms with Crippen LogP contribution in [0.15, 0.2) is 47.4 Å². The minimum atomic E-state index is -0.425. The SMILES string of the molecule is Cc1ccccc1CN(C)C(=O)c1ccc(F)c(S)c1. The molecule has 0 aliphatic heterocycles. The summed E-state index contributed by atoms with van der Waals surface area (Å²) in [5, 5.41) is 0. The molecule has 2 rings (SSSR count). The Morgan fingerprint density at radius 2 is 1.95 bits per heavy atom. The summed E-state index contributed by atoms with van der Waals surface area (Å²) in [6.45, 7) is 2.53. The fourth-order valence-electron chi connectivity index (χ4n) is 1.98. The predicted molar refractivity (Wildman–Crippen MR) is 80.6 cm³/mol. The fourth-order valence-corrected chi connectivity index (χ4v) is 2.19. The lowest BCUT2D eigenvalue weighted by Gasteiger charge is -2.18. The van der Waals surface area contributed by atoms with E-state index >= 15 is 0 Å². The first-order valence-electron chi connectivity index (χ1n) is 6.27. The standard InChI is InChI=1S/C16H16FNOS/c1-11-5-3-4-6-13(11)10-18(2)16(19)12-7-8-14(17)15(20)9-12/h3-9,20H,10H2,1-2H3. The van der Waals surface area contributed by atoms with Crippen LogP contribution in [-0.2, 0) is 6.54 Å². The Kier molecular flexibility index (Phi) is 4.45. The largest absolute Gasteiger partial charge is 0.337 e. The lowest BCUT2D eigenvalue weighted by atomic mass is 10.1. The van der Waals surface area contributed by atoms with Crippen LogP contribution in [-0.4, -0.2) is 17.9 Å². The lowest BCUT2D eigenvalue weighted by molar-refractivity contribution is 0.0784. The van der Waals surface area contributed by atoms with Gasteiger partial charge >= 0.3 is 0 Å². The van der Waals surface area contributed by atoms with E-state index in [1.807, 2.05) is 31.2 Å². The van der Waals surface area contributed by atoms with E-state index in [1.165, 1.54) is 18.2 Å². The van der Waals surface area contributed by atoms with E-state index in [4.69, 9.17) is 0 Å². The van der Waals surface area contributed by atoms with E-state index < -0.39 is 5.82 Å². The molecule has 0 fully saturated rings. The molecule has 2 aromatic rings. The fraction of sp³-hybridized carbons (Fsp3) is 0.188. The third kappa shape index (κ3) is 3.20. The lowest BCUT2D eigenvalue weighted by Crippen LogP contribution is -2.26. The molecule has 0 aliphatic carbocycles. The first-order chi connectivity index (χ1) is 9.49. The van der Waals surface area contributed by atoms with Crippen molar-refractivity contribution in [3.63, 3.8) is 0 Å². The van der Waals surface area contributed by atoms with Gasteiger partial charge < -0.3 is 4.90 Å². The van der Waals surface area contributed by atoms with E-state index in [0.29, 0.717) is 12.1 Å². The molecule has 0 unspecified atom stereocenters. The van der Waals surface area contributed by atoms with Gasteiger partial charge in [0.2, 0.25) is 0 Å². The quantitative estimate of drug-likeness (QED) is 0.854. The predicted octanol–water partition coefficient (Wildman–Crippen LogP) is 3.70. The Balaban J connectivity index is 2.16. The number of halogens is 1. The number of thiol groups is 1. The van der Waals surface area contributed by atoms with Crippen LogP contribution in [0.25, 0.3) is 0 Å². The van der Waals surface area contributed by atoms with Crippen molar-refractivity contribution < 1.29 is 9.18 Å². The summed E-state index contributed by atoms with van der Waals surface area (Å²) in [4.78, 5) is 14.1. The Morgan fingerprint density at radius 1 is 1.25 bits per heavy atom. The number of rotatable bonds is 3. The second kappa shape index (κ2) is 6.09. The first kappa shape index (κ1) is 14.6. The first-order valence-corrected chi connectivity index (χ1v) is 6.72. The van der Waals surface area contributed by atoms with Crippen molar-refractivity contribution in [1.82, 2.24) is 4.90 Å². The summed E-state index contributed by atoms with van der Waals surface area (Å²) in [5.74, 6) is -0.574. The molecular formula is C16H16FNOS. The summed E-state index contributed by atoms with van der Waals surface area (Å²) in [6, 6.07) is 12.1. The second-order valence-electron chi connectivity index (χ2n) is 4.75. The van der Waals surface area contributed by atoms with Crippen molar-refractivity contribution >= 4 is 18.5 Å². The van der Waals surface area contributed by atoms with Gasteiger partial charge in [-0.3, -0.25) is 4.79 Å². The molecular weight excluding hydrogens is 273 g/mol. The number of hydrogen-bond acceptors (Lipinski definition) is 2. The number of hydrogen-bond donors (Lipinski definition) is 1. The zero-order chi connectivity index (χ0) is 14.7. The van der Waals surface area contributed by atoms with Gasteiger partial charge in [0.05, 0.1) is 0 Å². The molecule has 0 spiro atoms. The molecule has 2 nitrogen and oxygen atoms in total. The van der Waals surface area contributed by atoms with Crippen molar-refractivity contribution in [3.8, 4) is 0 Å². The summed E-state index contributed by atoms with van der Waals surface area (Å²) >= 11 is 4.00. The topological polar surface area (TPSA) is 20.3 Å². The van der Waals surface area contributed by atoms with Crippen molar-refractivity contribution in [2.45, 2.75) is 18.4 Å². The van der Waals surface area contributed by atoms with Crippen molar-refractivity contribution in [1.29, 1.82) is 0 Å². The van der Waals surface area contributed by atoms with Crippen LogP contribution in [0.5, 0.6) is 0 Å². The van der Waals surface area contributed by atoms with Gasteiger partial charge in [0.1, 0.15) is 5.82 Å². The monoisotopic (exact) mass is 289 g/mol. The summed E-state index contributed by atoms with van der Waals surface area (Å²) in [7, 11) is 1.73. The maximum Gasteiger partial charge on any atom is 0.253 e. The highest BCUT2D eigenvalue weighted by molar-refractivity contribution is 7.80. The van der Waals surface area contributed by atoms with Crippen LogP contribution in [0, 0.1) is 12.7 Å². The molecule has 0 aliphatic rings. The molecule has 0 heterocycles. The molecule has 20 heavy (non-hydrogen) atoms. The molecule has 0 aromatic heterocycles. The molecule has 104 valence electrons. The number of amides is 1. The van der Waals surface area contributed by atoms with Gasteiger partial charge in [-0.15, -0.1) is 12.6 Å². The third-order valence-corrected chi connectivity index (χ3v) is 3.55. The Labute approximate surface area is 123 Å². The highest BCUT2D eigenvalue weighted by atomic mass is 32.1. The molecule has 0 saturated heterocycles. The van der Waals surface area contributed by atoms with Crippen molar-refractivity contribution in [3.05, 3.63) is 65.0 Å². The van der Waals surface area contributed by atoms with E-state index in [2.05, 4.69) is 12.6 Å². The summed E-state index contributed by atoms with van der Waals surface area (Å²) in [5.41, 5.74) is 2.67. The number of nitrogens with zero attached hydrogens (tertiary/aromatic N) is 1. The van der Waals surface area contributed by atoms with Gasteiger partial charge in [-0.1, -0.05) is 24.3 Å². The Morgan fingerprint density at radius 3 is 2.60 bits per heavy atom. The van der Waals surface area contributed by atoms with Gasteiger partial charge in [0, 0.05) is 24.1 Å². The zero-order valence-corrected chi connectivity index (χ0v) is 12.3. The van der Waals surface area contributed by atoms with E-state index in [9.17, 15) is 9.18 Å². The van der Waals surface area contributed by atoms with E-state index in [-0.39, 0.29) is 10.8 Å². The van der Waals surface area contributed by atoms with Crippen molar-refractivity contribution in [2.75, 3.05) is 7.05 Å². The third-order valence-electron chi connectivity index (χ3n) is 3.21. The maximum atomic E-state index is 13.2. The van der Waals surface area contributed by atoms with Crippen LogP contribution in [0.2, 0.25) is 0 Å². The molecule has 2 aromatic carbocycles. The van der Waals surface area contributed by atoms with Crippen LogP contribution < -0.4 is 0 Å². The molecule has 0 atom stereocenters. The van der Waals surface area contributed by atoms with Crippen LogP contribution in [0.4, 0.5) is 4.39 Å². The average molecular weight is 289 g/mol. The van der Waals surface area contributed by atoms with E-state index in [1.54, 1.807) is 11.9 Å². The highest BCUT2D eigenvalue weighted by Crippen LogP contribution is 2.17.